The molecule has 0 aliphatic heterocycles. The predicted molar refractivity (Wildman–Crippen MR) is 199 cm³/mol. The minimum atomic E-state index is -0.486. The molecule has 0 spiro atoms. The van der Waals surface area contributed by atoms with Gasteiger partial charge in [-0.2, -0.15) is 0 Å². The van der Waals surface area contributed by atoms with Crippen LogP contribution in [0, 0.1) is 0 Å². The minimum Gasteiger partial charge on any atom is -0.494 e. The quantitative estimate of drug-likeness (QED) is 0.0881. The van der Waals surface area contributed by atoms with Crippen LogP contribution in [0.3, 0.4) is 0 Å². The lowest BCUT2D eigenvalue weighted by atomic mass is 10.0. The first-order chi connectivity index (χ1) is 23.9. The number of anilines is 2. The Bertz CT molecular complexity index is 2110. The van der Waals surface area contributed by atoms with Crippen LogP contribution in [0.25, 0.3) is 27.4 Å². The molecule has 0 atom stereocenters. The van der Waals surface area contributed by atoms with Crippen molar-refractivity contribution < 1.29 is 19.1 Å². The average Bonchev–Trinajstić information content (AvgIpc) is 3.53. The van der Waals surface area contributed by atoms with Crippen LogP contribution in [-0.4, -0.2) is 35.1 Å². The maximum atomic E-state index is 13.6. The number of thiazole rings is 1. The minimum absolute atomic E-state index is 0.0861. The van der Waals surface area contributed by atoms with Gasteiger partial charge in [0.25, 0.3) is 11.8 Å². The maximum absolute atomic E-state index is 13.6. The molecule has 10 heteroatoms. The number of rotatable bonds is 12. The summed E-state index contributed by atoms with van der Waals surface area (Å²) in [5.41, 5.74) is 4.69. The van der Waals surface area contributed by atoms with E-state index in [0.29, 0.717) is 23.0 Å². The standard InChI is InChI=1S/C39H32N4O4S2/c1-2-47-31-20-21-33-35(24-31)49-39(42-33)43-36(44)25-48-32-15-9-14-30(23-32)40-38(46)34(41-37(45)29-12-7-4-8-13-29)22-26-16-18-28(19-17-26)27-10-5-3-6-11-27/h3-24H,2,25H2,1H3,(H,40,46)(H,41,45)(H,42,43,44)/b34-22+. The normalized spacial score (nSPS) is 11.2. The van der Waals surface area contributed by atoms with Crippen molar-refractivity contribution in [2.45, 2.75) is 11.8 Å². The van der Waals surface area contributed by atoms with Crippen LogP contribution in [0.2, 0.25) is 0 Å². The third-order valence-electron chi connectivity index (χ3n) is 7.24. The first-order valence-electron chi connectivity index (χ1n) is 15.5. The molecule has 0 aliphatic carbocycles. The fraction of sp³-hybridized carbons (Fsp3) is 0.0769. The van der Waals surface area contributed by atoms with E-state index in [1.807, 2.05) is 91.9 Å². The molecular weight excluding hydrogens is 653 g/mol. The van der Waals surface area contributed by atoms with Gasteiger partial charge in [0.2, 0.25) is 5.91 Å². The highest BCUT2D eigenvalue weighted by molar-refractivity contribution is 8.00. The van der Waals surface area contributed by atoms with Crippen molar-refractivity contribution in [2.24, 2.45) is 0 Å². The van der Waals surface area contributed by atoms with E-state index in [1.165, 1.54) is 23.1 Å². The van der Waals surface area contributed by atoms with E-state index in [9.17, 15) is 14.4 Å². The summed E-state index contributed by atoms with van der Waals surface area (Å²) in [6, 6.07) is 39.3. The predicted octanol–water partition coefficient (Wildman–Crippen LogP) is 8.50. The molecule has 1 aromatic heterocycles. The van der Waals surface area contributed by atoms with E-state index < -0.39 is 11.8 Å². The van der Waals surface area contributed by atoms with Crippen LogP contribution >= 0.6 is 23.1 Å². The molecule has 1 heterocycles. The first kappa shape index (κ1) is 33.2. The molecule has 244 valence electrons. The molecule has 3 N–H and O–H groups in total. The van der Waals surface area contributed by atoms with Crippen molar-refractivity contribution >= 4 is 67.9 Å². The third-order valence-corrected chi connectivity index (χ3v) is 9.16. The van der Waals surface area contributed by atoms with Crippen LogP contribution in [0.5, 0.6) is 5.75 Å². The lowest BCUT2D eigenvalue weighted by Crippen LogP contribution is -2.30. The molecule has 0 fully saturated rings. The van der Waals surface area contributed by atoms with E-state index in [0.717, 1.165) is 37.6 Å². The monoisotopic (exact) mass is 684 g/mol. The number of amides is 3. The number of carbonyl (C=O) groups excluding carboxylic acids is 3. The van der Waals surface area contributed by atoms with Gasteiger partial charge >= 0.3 is 0 Å². The number of benzene rings is 5. The molecule has 0 saturated carbocycles. The number of ether oxygens (including phenoxy) is 1. The smallest absolute Gasteiger partial charge is 0.272 e. The number of hydrogen-bond acceptors (Lipinski definition) is 7. The van der Waals surface area contributed by atoms with E-state index in [2.05, 4.69) is 20.9 Å². The second-order valence-corrected chi connectivity index (χ2v) is 12.8. The molecule has 8 nitrogen and oxygen atoms in total. The molecule has 0 saturated heterocycles. The number of hydrogen-bond donors (Lipinski definition) is 3. The highest BCUT2D eigenvalue weighted by atomic mass is 32.2. The Morgan fingerprint density at radius 2 is 1.53 bits per heavy atom. The maximum Gasteiger partial charge on any atom is 0.272 e. The molecule has 5 aromatic carbocycles. The summed E-state index contributed by atoms with van der Waals surface area (Å²) in [5, 5.41) is 9.07. The van der Waals surface area contributed by atoms with Crippen molar-refractivity contribution in [3.05, 3.63) is 144 Å². The van der Waals surface area contributed by atoms with Gasteiger partial charge in [0.05, 0.1) is 22.6 Å². The zero-order chi connectivity index (χ0) is 34.0. The lowest BCUT2D eigenvalue weighted by Gasteiger charge is -2.12. The summed E-state index contributed by atoms with van der Waals surface area (Å²) < 4.78 is 6.48. The van der Waals surface area contributed by atoms with Crippen molar-refractivity contribution in [1.29, 1.82) is 0 Å². The Balaban J connectivity index is 1.12. The molecule has 6 aromatic rings. The zero-order valence-electron chi connectivity index (χ0n) is 26.5. The number of nitrogens with zero attached hydrogens (tertiary/aromatic N) is 1. The average molecular weight is 685 g/mol. The van der Waals surface area contributed by atoms with Gasteiger partial charge in [-0.15, -0.1) is 11.8 Å². The number of nitrogens with one attached hydrogen (secondary N) is 3. The second kappa shape index (κ2) is 15.9. The van der Waals surface area contributed by atoms with Gasteiger partial charge < -0.3 is 20.7 Å². The van der Waals surface area contributed by atoms with Gasteiger partial charge in [-0.1, -0.05) is 90.2 Å². The van der Waals surface area contributed by atoms with Crippen LogP contribution < -0.4 is 20.7 Å². The SMILES string of the molecule is CCOc1ccc2nc(NC(=O)CSc3cccc(NC(=O)/C(=C\c4ccc(-c5ccccc5)cc4)NC(=O)c4ccccc4)c3)sc2c1. The van der Waals surface area contributed by atoms with E-state index in [1.54, 1.807) is 48.5 Å². The highest BCUT2D eigenvalue weighted by Gasteiger charge is 2.16. The van der Waals surface area contributed by atoms with Crippen LogP contribution in [0.4, 0.5) is 10.8 Å². The third kappa shape index (κ3) is 9.01. The molecular formula is C39H32N4O4S2. The number of aromatic nitrogens is 1. The number of fused-ring (bicyclic) bond motifs is 1. The summed E-state index contributed by atoms with van der Waals surface area (Å²) in [6.07, 6.45) is 1.65. The largest absolute Gasteiger partial charge is 0.494 e. The van der Waals surface area contributed by atoms with Crippen LogP contribution in [0.15, 0.2) is 138 Å². The first-order valence-corrected chi connectivity index (χ1v) is 17.3. The molecule has 49 heavy (non-hydrogen) atoms. The van der Waals surface area contributed by atoms with E-state index in [-0.39, 0.29) is 17.4 Å². The van der Waals surface area contributed by atoms with Gasteiger partial charge in [-0.05, 0) is 78.2 Å². The zero-order valence-corrected chi connectivity index (χ0v) is 28.1. The summed E-state index contributed by atoms with van der Waals surface area (Å²) in [5.74, 6) is -0.177. The van der Waals surface area contributed by atoms with Gasteiger partial charge in [0, 0.05) is 16.1 Å². The van der Waals surface area contributed by atoms with Crippen LogP contribution in [0.1, 0.15) is 22.8 Å². The Morgan fingerprint density at radius 3 is 2.29 bits per heavy atom. The van der Waals surface area contributed by atoms with E-state index in [4.69, 9.17) is 4.74 Å². The molecule has 0 bridgehead atoms. The van der Waals surface area contributed by atoms with Crippen molar-refractivity contribution in [2.75, 3.05) is 23.0 Å². The van der Waals surface area contributed by atoms with Crippen LogP contribution in [-0.2, 0) is 9.59 Å². The molecule has 3 amide bonds. The number of thioether (sulfide) groups is 1. The lowest BCUT2D eigenvalue weighted by molar-refractivity contribution is -0.114. The summed E-state index contributed by atoms with van der Waals surface area (Å²) in [7, 11) is 0. The summed E-state index contributed by atoms with van der Waals surface area (Å²) in [6.45, 7) is 2.50. The van der Waals surface area contributed by atoms with Gasteiger partial charge in [0.1, 0.15) is 11.4 Å². The van der Waals surface area contributed by atoms with Crippen molar-refractivity contribution in [3.63, 3.8) is 0 Å². The summed E-state index contributed by atoms with van der Waals surface area (Å²) in [4.78, 5) is 44.7. The van der Waals surface area contributed by atoms with Gasteiger partial charge in [-0.3, -0.25) is 14.4 Å². The van der Waals surface area contributed by atoms with Gasteiger partial charge in [0.15, 0.2) is 5.13 Å². The number of carbonyl (C=O) groups is 3. The topological polar surface area (TPSA) is 109 Å². The fourth-order valence-corrected chi connectivity index (χ4v) is 6.56. The van der Waals surface area contributed by atoms with Gasteiger partial charge in [-0.25, -0.2) is 4.98 Å². The Labute approximate surface area is 292 Å². The fourth-order valence-electron chi connectivity index (χ4n) is 4.89. The molecule has 0 unspecified atom stereocenters. The Hall–Kier alpha value is -5.71. The molecule has 0 aliphatic rings. The van der Waals surface area contributed by atoms with Crippen molar-refractivity contribution in [1.82, 2.24) is 10.3 Å². The highest BCUT2D eigenvalue weighted by Crippen LogP contribution is 2.30. The molecule has 6 rings (SSSR count). The van der Waals surface area contributed by atoms with E-state index >= 15 is 0 Å². The molecule has 0 radical (unpaired) electrons. The Kier molecular flexibility index (Phi) is 10.8. The Morgan fingerprint density at radius 1 is 0.796 bits per heavy atom. The van der Waals surface area contributed by atoms with Crippen molar-refractivity contribution in [3.8, 4) is 16.9 Å². The second-order valence-electron chi connectivity index (χ2n) is 10.8. The summed E-state index contributed by atoms with van der Waals surface area (Å²) >= 11 is 2.72.